The van der Waals surface area contributed by atoms with Gasteiger partial charge in [0.2, 0.25) is 0 Å². The predicted molar refractivity (Wildman–Crippen MR) is 100 cm³/mol. The predicted octanol–water partition coefficient (Wildman–Crippen LogP) is 2.47. The van der Waals surface area contributed by atoms with Crippen molar-refractivity contribution >= 4 is 27.3 Å². The van der Waals surface area contributed by atoms with Crippen LogP contribution in [0.1, 0.15) is 18.4 Å². The Bertz CT molecular complexity index is 1080. The molecule has 0 saturated heterocycles. The van der Waals surface area contributed by atoms with Crippen LogP contribution in [-0.4, -0.2) is 34.8 Å². The van der Waals surface area contributed by atoms with Crippen LogP contribution in [0.5, 0.6) is 0 Å². The van der Waals surface area contributed by atoms with Crippen LogP contribution in [-0.2, 0) is 14.8 Å². The Labute approximate surface area is 160 Å². The second-order valence-electron chi connectivity index (χ2n) is 6.50. The molecule has 0 bridgehead atoms. The van der Waals surface area contributed by atoms with Crippen molar-refractivity contribution in [2.75, 3.05) is 0 Å². The summed E-state index contributed by atoms with van der Waals surface area (Å²) in [5.74, 6) is -1.95. The van der Waals surface area contributed by atoms with E-state index in [1.54, 1.807) is 36.1 Å². The van der Waals surface area contributed by atoms with E-state index in [4.69, 9.17) is 0 Å². The molecular formula is C18H17N3O4S2. The highest BCUT2D eigenvalue weighted by Crippen LogP contribution is 2.58. The van der Waals surface area contributed by atoms with Crippen molar-refractivity contribution in [1.82, 2.24) is 14.5 Å². The van der Waals surface area contributed by atoms with Gasteiger partial charge in [-0.3, -0.25) is 4.79 Å². The van der Waals surface area contributed by atoms with Gasteiger partial charge >= 0.3 is 5.97 Å². The van der Waals surface area contributed by atoms with Crippen molar-refractivity contribution in [3.8, 4) is 5.00 Å². The largest absolute Gasteiger partial charge is 0.480 e. The summed E-state index contributed by atoms with van der Waals surface area (Å²) in [5, 5.41) is 14.5. The Balaban J connectivity index is 1.66. The number of benzene rings is 1. The number of hydrogen-bond donors (Lipinski definition) is 2. The number of carboxylic acids is 1. The first-order valence-corrected chi connectivity index (χ1v) is 10.6. The van der Waals surface area contributed by atoms with Gasteiger partial charge in [-0.15, -0.1) is 11.3 Å². The van der Waals surface area contributed by atoms with Gasteiger partial charge in [-0.1, -0.05) is 37.3 Å². The van der Waals surface area contributed by atoms with Crippen molar-refractivity contribution in [2.45, 2.75) is 22.6 Å². The maximum Gasteiger partial charge on any atom is 0.325 e. The summed E-state index contributed by atoms with van der Waals surface area (Å²) in [6.45, 7) is 1.75. The zero-order valence-corrected chi connectivity index (χ0v) is 15.9. The van der Waals surface area contributed by atoms with Gasteiger partial charge in [0.15, 0.2) is 0 Å². The topological polar surface area (TPSA) is 101 Å². The Morgan fingerprint density at radius 2 is 1.96 bits per heavy atom. The van der Waals surface area contributed by atoms with Gasteiger partial charge in [0.1, 0.15) is 14.7 Å². The zero-order valence-electron chi connectivity index (χ0n) is 14.3. The number of carbonyl (C=O) groups is 1. The van der Waals surface area contributed by atoms with E-state index in [9.17, 15) is 18.3 Å². The van der Waals surface area contributed by atoms with Crippen LogP contribution in [0, 0.1) is 5.92 Å². The highest BCUT2D eigenvalue weighted by molar-refractivity contribution is 7.91. The van der Waals surface area contributed by atoms with Crippen LogP contribution in [0.2, 0.25) is 0 Å². The average molecular weight is 403 g/mol. The van der Waals surface area contributed by atoms with Crippen molar-refractivity contribution in [1.29, 1.82) is 0 Å². The number of carboxylic acid groups (broad SMARTS) is 1. The van der Waals surface area contributed by atoms with E-state index in [-0.39, 0.29) is 10.1 Å². The molecule has 0 amide bonds. The lowest BCUT2D eigenvalue weighted by molar-refractivity contribution is -0.140. The van der Waals surface area contributed by atoms with Crippen LogP contribution in [0.25, 0.3) is 5.00 Å². The van der Waals surface area contributed by atoms with Gasteiger partial charge in [0.25, 0.3) is 10.0 Å². The molecule has 140 valence electrons. The van der Waals surface area contributed by atoms with E-state index in [1.165, 1.54) is 6.07 Å². The van der Waals surface area contributed by atoms with Crippen molar-refractivity contribution in [2.24, 2.45) is 5.92 Å². The van der Waals surface area contributed by atoms with E-state index in [0.717, 1.165) is 16.9 Å². The number of rotatable bonds is 6. The minimum atomic E-state index is -4.00. The summed E-state index contributed by atoms with van der Waals surface area (Å²) < 4.78 is 29.9. The molecule has 2 heterocycles. The number of thiophene rings is 1. The number of hydrogen-bond acceptors (Lipinski definition) is 5. The number of aliphatic carboxylic acids is 1. The van der Waals surface area contributed by atoms with E-state index in [0.29, 0.717) is 5.00 Å². The first kappa shape index (κ1) is 17.9. The van der Waals surface area contributed by atoms with Crippen LogP contribution in [0.3, 0.4) is 0 Å². The van der Waals surface area contributed by atoms with Gasteiger partial charge in [0.05, 0.1) is 0 Å². The molecule has 2 aromatic heterocycles. The highest BCUT2D eigenvalue weighted by atomic mass is 32.2. The molecule has 1 aliphatic carbocycles. The van der Waals surface area contributed by atoms with E-state index in [2.05, 4.69) is 9.82 Å². The minimum Gasteiger partial charge on any atom is -0.480 e. The quantitative estimate of drug-likeness (QED) is 0.658. The molecule has 1 unspecified atom stereocenters. The van der Waals surface area contributed by atoms with Gasteiger partial charge in [-0.2, -0.15) is 9.82 Å². The maximum atomic E-state index is 12.9. The monoisotopic (exact) mass is 403 g/mol. The molecule has 27 heavy (non-hydrogen) atoms. The van der Waals surface area contributed by atoms with Gasteiger partial charge < -0.3 is 5.11 Å². The van der Waals surface area contributed by atoms with Crippen LogP contribution >= 0.6 is 11.3 Å². The van der Waals surface area contributed by atoms with Crippen molar-refractivity contribution in [3.05, 3.63) is 66.5 Å². The average Bonchev–Trinajstić information content (AvgIpc) is 3.11. The summed E-state index contributed by atoms with van der Waals surface area (Å²) in [7, 11) is -4.00. The molecule has 9 heteroatoms. The van der Waals surface area contributed by atoms with Crippen molar-refractivity contribution in [3.63, 3.8) is 0 Å². The fourth-order valence-electron chi connectivity index (χ4n) is 3.55. The van der Waals surface area contributed by atoms with Gasteiger partial charge in [0, 0.05) is 18.3 Å². The lowest BCUT2D eigenvalue weighted by Gasteiger charge is -2.15. The maximum absolute atomic E-state index is 12.9. The Kier molecular flexibility index (Phi) is 4.17. The Hall–Kier alpha value is -2.49. The van der Waals surface area contributed by atoms with Crippen LogP contribution in [0.15, 0.2) is 65.1 Å². The summed E-state index contributed by atoms with van der Waals surface area (Å²) in [6, 6.07) is 14.0. The Morgan fingerprint density at radius 3 is 2.59 bits per heavy atom. The molecule has 7 nitrogen and oxygen atoms in total. The summed E-state index contributed by atoms with van der Waals surface area (Å²) in [5.41, 5.74) is -0.741. The number of aromatic nitrogens is 2. The van der Waals surface area contributed by atoms with Crippen molar-refractivity contribution < 1.29 is 18.3 Å². The highest BCUT2D eigenvalue weighted by Gasteiger charge is 2.70. The summed E-state index contributed by atoms with van der Waals surface area (Å²) in [4.78, 5) is 12.0. The Morgan fingerprint density at radius 1 is 1.22 bits per heavy atom. The standard InChI is InChI=1S/C18H17N3O4S2/c1-12-16(13-6-3-2-4-7-13)18(12,17(22)23)20-27(24,25)15-9-8-14(26-15)21-11-5-10-19-21/h2-12,16,20H,1H3,(H,22,23)/t12?,16-,18+/m1/s1. The van der Waals surface area contributed by atoms with E-state index < -0.39 is 27.4 Å². The lowest BCUT2D eigenvalue weighted by Crippen LogP contribution is -2.45. The SMILES string of the molecule is CC1[C@H](c2ccccc2)[C@]1(NS(=O)(=O)c1ccc(-n2cccn2)s1)C(=O)O. The number of sulfonamides is 1. The molecule has 1 aromatic carbocycles. The molecule has 2 N–H and O–H groups in total. The lowest BCUT2D eigenvalue weighted by atomic mass is 10.1. The number of nitrogens with zero attached hydrogens (tertiary/aromatic N) is 2. The van der Waals surface area contributed by atoms with Gasteiger partial charge in [-0.25, -0.2) is 13.1 Å². The smallest absolute Gasteiger partial charge is 0.325 e. The normalized spacial score (nSPS) is 24.6. The molecule has 0 spiro atoms. The third-order valence-corrected chi connectivity index (χ3v) is 8.03. The molecule has 3 atom stereocenters. The van der Waals surface area contributed by atoms with Crippen LogP contribution in [0.4, 0.5) is 0 Å². The first-order valence-electron chi connectivity index (χ1n) is 8.28. The molecular weight excluding hydrogens is 386 g/mol. The second-order valence-corrected chi connectivity index (χ2v) is 9.47. The second kappa shape index (κ2) is 6.29. The first-order chi connectivity index (χ1) is 12.9. The van der Waals surface area contributed by atoms with Crippen LogP contribution < -0.4 is 4.72 Å². The fraction of sp³-hybridized carbons (Fsp3) is 0.222. The molecule has 3 aromatic rings. The van der Waals surface area contributed by atoms with E-state index in [1.807, 2.05) is 30.3 Å². The van der Waals surface area contributed by atoms with Gasteiger partial charge in [-0.05, 0) is 29.7 Å². The molecule has 0 aliphatic heterocycles. The molecule has 1 saturated carbocycles. The zero-order chi connectivity index (χ0) is 19.2. The number of nitrogens with one attached hydrogen (secondary N) is 1. The summed E-state index contributed by atoms with van der Waals surface area (Å²) >= 11 is 1.03. The molecule has 4 rings (SSSR count). The third kappa shape index (κ3) is 2.88. The van der Waals surface area contributed by atoms with E-state index >= 15 is 0 Å². The molecule has 1 fully saturated rings. The summed E-state index contributed by atoms with van der Waals surface area (Å²) in [6.07, 6.45) is 3.31. The molecule has 1 aliphatic rings. The molecule has 0 radical (unpaired) electrons. The minimum absolute atomic E-state index is 0.0551. The third-order valence-electron chi connectivity index (χ3n) is 4.98. The fourth-order valence-corrected chi connectivity index (χ4v) is 6.24.